The van der Waals surface area contributed by atoms with Gasteiger partial charge in [-0.3, -0.25) is 4.79 Å². The highest BCUT2D eigenvalue weighted by atomic mass is 16.5. The van der Waals surface area contributed by atoms with Gasteiger partial charge in [0.05, 0.1) is 19.1 Å². The fourth-order valence-electron chi connectivity index (χ4n) is 1.93. The van der Waals surface area contributed by atoms with Crippen molar-refractivity contribution in [2.24, 2.45) is 0 Å². The molecule has 1 aromatic carbocycles. The monoisotopic (exact) mass is 236 g/mol. The van der Waals surface area contributed by atoms with Crippen molar-refractivity contribution < 1.29 is 19.4 Å². The van der Waals surface area contributed by atoms with Crippen molar-refractivity contribution in [1.29, 1.82) is 0 Å². The van der Waals surface area contributed by atoms with Gasteiger partial charge in [0.1, 0.15) is 0 Å². The van der Waals surface area contributed by atoms with Crippen LogP contribution >= 0.6 is 0 Å². The topological polar surface area (TPSA) is 63.6 Å². The Morgan fingerprint density at radius 1 is 1.24 bits per heavy atom. The largest absolute Gasteiger partial charge is 0.481 e. The maximum absolute atomic E-state index is 11.7. The lowest BCUT2D eigenvalue weighted by Gasteiger charge is -2.14. The van der Waals surface area contributed by atoms with Crippen molar-refractivity contribution in [2.75, 3.05) is 7.11 Å². The van der Waals surface area contributed by atoms with E-state index in [4.69, 9.17) is 9.84 Å². The summed E-state index contributed by atoms with van der Waals surface area (Å²) in [6.07, 6.45) is -0.168. The quantitative estimate of drug-likeness (QED) is 0.815. The first-order valence-electron chi connectivity index (χ1n) is 5.28. The average Bonchev–Trinajstić information content (AvgIpc) is 2.24. The van der Waals surface area contributed by atoms with Crippen LogP contribution in [0.3, 0.4) is 0 Å². The molecule has 0 amide bonds. The van der Waals surface area contributed by atoms with Gasteiger partial charge >= 0.3 is 11.9 Å². The summed E-state index contributed by atoms with van der Waals surface area (Å²) in [7, 11) is 1.29. The molecule has 1 N–H and O–H groups in total. The Labute approximate surface area is 100 Å². The number of carboxylic acids is 1. The minimum absolute atomic E-state index is 0.168. The standard InChI is InChI=1S/C13H16O4/c1-7-5-8(2)12(13(16)17-4)10(9(7)3)6-11(14)15/h5H,6H2,1-4H3,(H,14,15). The van der Waals surface area contributed by atoms with E-state index >= 15 is 0 Å². The first kappa shape index (κ1) is 13.2. The predicted octanol–water partition coefficient (Wildman–Crippen LogP) is 2.03. The van der Waals surface area contributed by atoms with E-state index in [2.05, 4.69) is 0 Å². The summed E-state index contributed by atoms with van der Waals surface area (Å²) in [5.41, 5.74) is 3.47. The number of ether oxygens (including phenoxy) is 1. The van der Waals surface area contributed by atoms with Crippen LogP contribution in [-0.4, -0.2) is 24.2 Å². The van der Waals surface area contributed by atoms with E-state index in [1.54, 1.807) is 6.92 Å². The molecule has 0 fully saturated rings. The third-order valence-electron chi connectivity index (χ3n) is 2.89. The number of methoxy groups -OCH3 is 1. The van der Waals surface area contributed by atoms with Gasteiger partial charge in [0.2, 0.25) is 0 Å². The predicted molar refractivity (Wildman–Crippen MR) is 63.3 cm³/mol. The van der Waals surface area contributed by atoms with Crippen LogP contribution in [0.4, 0.5) is 0 Å². The second-order valence-electron chi connectivity index (χ2n) is 4.05. The third-order valence-corrected chi connectivity index (χ3v) is 2.89. The summed E-state index contributed by atoms with van der Waals surface area (Å²) in [5, 5.41) is 8.90. The van der Waals surface area contributed by atoms with Gasteiger partial charge < -0.3 is 9.84 Å². The fraction of sp³-hybridized carbons (Fsp3) is 0.385. The fourth-order valence-corrected chi connectivity index (χ4v) is 1.93. The average molecular weight is 236 g/mol. The molecule has 1 rings (SSSR count). The molecular formula is C13H16O4. The molecule has 0 saturated heterocycles. The smallest absolute Gasteiger partial charge is 0.338 e. The molecule has 0 bridgehead atoms. The first-order valence-corrected chi connectivity index (χ1v) is 5.28. The van der Waals surface area contributed by atoms with Crippen LogP contribution in [0.15, 0.2) is 6.07 Å². The number of hydrogen-bond donors (Lipinski definition) is 1. The Morgan fingerprint density at radius 2 is 1.82 bits per heavy atom. The number of carbonyl (C=O) groups is 2. The van der Waals surface area contributed by atoms with E-state index in [1.807, 2.05) is 19.9 Å². The molecule has 0 aliphatic carbocycles. The summed E-state index contributed by atoms with van der Waals surface area (Å²) < 4.78 is 4.70. The maximum atomic E-state index is 11.7. The Morgan fingerprint density at radius 3 is 2.29 bits per heavy atom. The SMILES string of the molecule is COC(=O)c1c(C)cc(C)c(C)c1CC(=O)O. The molecule has 0 aliphatic heterocycles. The second-order valence-corrected chi connectivity index (χ2v) is 4.05. The number of carboxylic acid groups (broad SMARTS) is 1. The molecule has 0 radical (unpaired) electrons. The normalized spacial score (nSPS) is 10.1. The Hall–Kier alpha value is -1.84. The molecule has 0 heterocycles. The van der Waals surface area contributed by atoms with Gasteiger partial charge in [0.15, 0.2) is 0 Å². The van der Waals surface area contributed by atoms with Gasteiger partial charge in [0.25, 0.3) is 0 Å². The number of benzene rings is 1. The highest BCUT2D eigenvalue weighted by Gasteiger charge is 2.20. The summed E-state index contributed by atoms with van der Waals surface area (Å²) in [6, 6.07) is 1.87. The molecule has 0 spiro atoms. The molecular weight excluding hydrogens is 220 g/mol. The first-order chi connectivity index (χ1) is 7.88. The zero-order chi connectivity index (χ0) is 13.2. The molecule has 0 aromatic heterocycles. The van der Waals surface area contributed by atoms with Crippen molar-refractivity contribution in [1.82, 2.24) is 0 Å². The molecule has 0 aliphatic rings. The van der Waals surface area contributed by atoms with E-state index in [0.717, 1.165) is 16.7 Å². The summed E-state index contributed by atoms with van der Waals surface area (Å²) in [6.45, 7) is 5.50. The highest BCUT2D eigenvalue weighted by Crippen LogP contribution is 2.23. The van der Waals surface area contributed by atoms with Gasteiger partial charge in [-0.15, -0.1) is 0 Å². The number of aliphatic carboxylic acids is 1. The molecule has 17 heavy (non-hydrogen) atoms. The molecule has 1 aromatic rings. The number of aryl methyl sites for hydroxylation is 2. The van der Waals surface area contributed by atoms with Crippen molar-refractivity contribution in [3.05, 3.63) is 33.9 Å². The van der Waals surface area contributed by atoms with Crippen molar-refractivity contribution in [2.45, 2.75) is 27.2 Å². The maximum Gasteiger partial charge on any atom is 0.338 e. The Bertz CT molecular complexity index is 475. The number of rotatable bonds is 3. The van der Waals surface area contributed by atoms with Crippen LogP contribution in [-0.2, 0) is 16.0 Å². The van der Waals surface area contributed by atoms with Crippen LogP contribution < -0.4 is 0 Å². The van der Waals surface area contributed by atoms with Gasteiger partial charge in [-0.05, 0) is 43.0 Å². The van der Waals surface area contributed by atoms with Crippen LogP contribution in [0.25, 0.3) is 0 Å². The van der Waals surface area contributed by atoms with Gasteiger partial charge in [-0.25, -0.2) is 4.79 Å². The lowest BCUT2D eigenvalue weighted by atomic mass is 9.91. The van der Waals surface area contributed by atoms with E-state index < -0.39 is 11.9 Å². The zero-order valence-corrected chi connectivity index (χ0v) is 10.5. The Kier molecular flexibility index (Phi) is 3.89. The van der Waals surface area contributed by atoms with Crippen molar-refractivity contribution >= 4 is 11.9 Å². The number of hydrogen-bond acceptors (Lipinski definition) is 3. The molecule has 92 valence electrons. The zero-order valence-electron chi connectivity index (χ0n) is 10.5. The molecule has 4 heteroatoms. The molecule has 0 atom stereocenters. The lowest BCUT2D eigenvalue weighted by Crippen LogP contribution is -2.14. The highest BCUT2D eigenvalue weighted by molar-refractivity contribution is 5.94. The van der Waals surface area contributed by atoms with Crippen LogP contribution in [0.1, 0.15) is 32.6 Å². The molecule has 0 unspecified atom stereocenters. The van der Waals surface area contributed by atoms with Crippen LogP contribution in [0.2, 0.25) is 0 Å². The van der Waals surface area contributed by atoms with Crippen LogP contribution in [0.5, 0.6) is 0 Å². The van der Waals surface area contributed by atoms with Crippen molar-refractivity contribution in [3.8, 4) is 0 Å². The van der Waals surface area contributed by atoms with E-state index in [1.165, 1.54) is 7.11 Å². The van der Waals surface area contributed by atoms with Crippen molar-refractivity contribution in [3.63, 3.8) is 0 Å². The van der Waals surface area contributed by atoms with E-state index in [9.17, 15) is 9.59 Å². The second kappa shape index (κ2) is 4.99. The summed E-state index contributed by atoms with van der Waals surface area (Å²) in [5.74, 6) is -1.44. The molecule has 4 nitrogen and oxygen atoms in total. The summed E-state index contributed by atoms with van der Waals surface area (Å²) in [4.78, 5) is 22.5. The summed E-state index contributed by atoms with van der Waals surface area (Å²) >= 11 is 0. The van der Waals surface area contributed by atoms with Gasteiger partial charge in [-0.2, -0.15) is 0 Å². The van der Waals surface area contributed by atoms with E-state index in [0.29, 0.717) is 11.1 Å². The number of esters is 1. The lowest BCUT2D eigenvalue weighted by molar-refractivity contribution is -0.136. The van der Waals surface area contributed by atoms with Gasteiger partial charge in [-0.1, -0.05) is 6.07 Å². The minimum atomic E-state index is -0.955. The Balaban J connectivity index is 3.49. The number of carbonyl (C=O) groups excluding carboxylic acids is 1. The van der Waals surface area contributed by atoms with Gasteiger partial charge in [0, 0.05) is 0 Å². The third kappa shape index (κ3) is 2.64. The van der Waals surface area contributed by atoms with Crippen LogP contribution in [0, 0.1) is 20.8 Å². The minimum Gasteiger partial charge on any atom is -0.481 e. The molecule has 0 saturated carbocycles. The van der Waals surface area contributed by atoms with E-state index in [-0.39, 0.29) is 6.42 Å².